The molecule has 33 heavy (non-hydrogen) atoms. The smallest absolute Gasteiger partial charge is 0.407 e. The molecule has 0 bridgehead atoms. The van der Waals surface area contributed by atoms with Crippen LogP contribution in [0.25, 0.3) is 11.3 Å². The van der Waals surface area contributed by atoms with Gasteiger partial charge in [-0.25, -0.2) is 9.78 Å². The number of aromatic hydroxyl groups is 1. The largest absolute Gasteiger partial charge is 0.507 e. The molecule has 1 saturated carbocycles. The van der Waals surface area contributed by atoms with E-state index in [1.807, 2.05) is 12.1 Å². The van der Waals surface area contributed by atoms with Crippen molar-refractivity contribution in [3.8, 4) is 22.8 Å². The van der Waals surface area contributed by atoms with E-state index in [-0.39, 0.29) is 30.6 Å². The molecule has 1 amide bonds. The number of carbonyl (C=O) groups is 1. The monoisotopic (exact) mass is 476 g/mol. The normalized spacial score (nSPS) is 17.8. The Morgan fingerprint density at radius 2 is 2.12 bits per heavy atom. The molecule has 1 aromatic carbocycles. The molecule has 1 aromatic heterocycles. The molecule has 180 valence electrons. The molecule has 2 fully saturated rings. The van der Waals surface area contributed by atoms with Gasteiger partial charge < -0.3 is 30.9 Å². The Morgan fingerprint density at radius 1 is 1.33 bits per heavy atom. The number of anilines is 1. The maximum absolute atomic E-state index is 11.6. The zero-order chi connectivity index (χ0) is 22.7. The Kier molecular flexibility index (Phi) is 8.26. The fourth-order valence-electron chi connectivity index (χ4n) is 4.29. The van der Waals surface area contributed by atoms with Crippen LogP contribution in [-0.4, -0.2) is 52.4 Å². The van der Waals surface area contributed by atoms with Gasteiger partial charge in [0.1, 0.15) is 17.3 Å². The lowest BCUT2D eigenvalue weighted by molar-refractivity contribution is 0.145. The van der Waals surface area contributed by atoms with Crippen molar-refractivity contribution < 1.29 is 19.7 Å². The van der Waals surface area contributed by atoms with Crippen molar-refractivity contribution in [2.24, 2.45) is 5.92 Å². The number of nitrogens with two attached hydrogens (primary N) is 1. The van der Waals surface area contributed by atoms with Crippen LogP contribution in [-0.2, 0) is 6.54 Å². The van der Waals surface area contributed by atoms with E-state index in [1.165, 1.54) is 17.7 Å². The number of amides is 1. The number of nitrogens with one attached hydrogen (secondary N) is 1. The maximum atomic E-state index is 11.6. The van der Waals surface area contributed by atoms with Crippen LogP contribution in [0.2, 0.25) is 0 Å². The first-order valence-corrected chi connectivity index (χ1v) is 11.4. The minimum absolute atomic E-state index is 0. The number of nitrogen functional groups attached to an aromatic ring is 1. The Bertz CT molecular complexity index is 977. The van der Waals surface area contributed by atoms with E-state index in [0.29, 0.717) is 41.9 Å². The molecule has 8 nitrogen and oxygen atoms in total. The standard InChI is InChI=1S/C24H32N4O4.ClH/c1-2-28(24(30)31)13-18-17(16-5-4-10-26-12-16)11-19(27-23(18)25)22-20(29)6-3-7-21(22)32-14-15-8-9-15;/h3,6-7,11,15-16,26,29H,2,4-5,8-10,12-14H2,1H3,(H2,25,27)(H,30,31);1H. The number of benzene rings is 1. The van der Waals surface area contributed by atoms with Crippen LogP contribution < -0.4 is 15.8 Å². The summed E-state index contributed by atoms with van der Waals surface area (Å²) in [5, 5.41) is 23.7. The van der Waals surface area contributed by atoms with Gasteiger partial charge in [-0.05, 0) is 74.8 Å². The highest BCUT2D eigenvalue weighted by Gasteiger charge is 2.27. The van der Waals surface area contributed by atoms with Crippen LogP contribution in [0, 0.1) is 5.92 Å². The Labute approximate surface area is 200 Å². The highest BCUT2D eigenvalue weighted by atomic mass is 35.5. The summed E-state index contributed by atoms with van der Waals surface area (Å²) in [7, 11) is 0. The molecule has 9 heteroatoms. The molecule has 1 atom stereocenters. The first-order valence-electron chi connectivity index (χ1n) is 11.4. The first-order chi connectivity index (χ1) is 15.5. The third-order valence-corrected chi connectivity index (χ3v) is 6.36. The summed E-state index contributed by atoms with van der Waals surface area (Å²) in [6.45, 7) is 4.72. The number of nitrogens with zero attached hydrogens (tertiary/aromatic N) is 2. The van der Waals surface area contributed by atoms with Crippen molar-refractivity contribution in [2.45, 2.75) is 45.1 Å². The zero-order valence-corrected chi connectivity index (χ0v) is 19.7. The second kappa shape index (κ2) is 10.9. The highest BCUT2D eigenvalue weighted by molar-refractivity contribution is 5.85. The molecule has 1 aliphatic carbocycles. The molecular weight excluding hydrogens is 444 g/mol. The third kappa shape index (κ3) is 5.81. The quantitative estimate of drug-likeness (QED) is 0.450. The molecule has 2 aliphatic rings. The minimum Gasteiger partial charge on any atom is -0.507 e. The number of ether oxygens (including phenoxy) is 1. The lowest BCUT2D eigenvalue weighted by Gasteiger charge is -2.28. The van der Waals surface area contributed by atoms with Gasteiger partial charge in [-0.15, -0.1) is 12.4 Å². The number of piperidine rings is 1. The summed E-state index contributed by atoms with van der Waals surface area (Å²) in [5.41, 5.74) is 9.23. The number of aromatic nitrogens is 1. The van der Waals surface area contributed by atoms with Crippen molar-refractivity contribution in [1.82, 2.24) is 15.2 Å². The summed E-state index contributed by atoms with van der Waals surface area (Å²) in [5.74, 6) is 1.73. The number of carboxylic acid groups (broad SMARTS) is 1. The number of phenolic OH excluding ortho intramolecular Hbond substituents is 1. The molecule has 2 heterocycles. The van der Waals surface area contributed by atoms with Gasteiger partial charge in [-0.3, -0.25) is 0 Å². The fraction of sp³-hybridized carbons (Fsp3) is 0.500. The highest BCUT2D eigenvalue weighted by Crippen LogP contribution is 2.41. The number of phenols is 1. The average Bonchev–Trinajstić information content (AvgIpc) is 3.61. The second-order valence-electron chi connectivity index (χ2n) is 8.71. The third-order valence-electron chi connectivity index (χ3n) is 6.36. The van der Waals surface area contributed by atoms with Crippen molar-refractivity contribution >= 4 is 24.3 Å². The van der Waals surface area contributed by atoms with Gasteiger partial charge in [0, 0.05) is 18.7 Å². The minimum atomic E-state index is -0.986. The van der Waals surface area contributed by atoms with Crippen LogP contribution in [0.5, 0.6) is 11.5 Å². The van der Waals surface area contributed by atoms with Gasteiger partial charge in [-0.1, -0.05) is 6.07 Å². The fourth-order valence-corrected chi connectivity index (χ4v) is 4.29. The zero-order valence-electron chi connectivity index (χ0n) is 18.9. The second-order valence-corrected chi connectivity index (χ2v) is 8.71. The molecule has 1 aliphatic heterocycles. The number of rotatable bonds is 8. The van der Waals surface area contributed by atoms with Crippen LogP contribution >= 0.6 is 12.4 Å². The lowest BCUT2D eigenvalue weighted by Crippen LogP contribution is -2.32. The van der Waals surface area contributed by atoms with Gasteiger partial charge in [0.2, 0.25) is 0 Å². The van der Waals surface area contributed by atoms with Crippen LogP contribution in [0.3, 0.4) is 0 Å². The van der Waals surface area contributed by atoms with E-state index in [9.17, 15) is 15.0 Å². The summed E-state index contributed by atoms with van der Waals surface area (Å²) in [6, 6.07) is 7.18. The number of pyridine rings is 1. The van der Waals surface area contributed by atoms with E-state index in [0.717, 1.165) is 37.1 Å². The van der Waals surface area contributed by atoms with Gasteiger partial charge in [0.15, 0.2) is 0 Å². The van der Waals surface area contributed by atoms with Crippen LogP contribution in [0.15, 0.2) is 24.3 Å². The van der Waals surface area contributed by atoms with Gasteiger partial charge >= 0.3 is 6.09 Å². The van der Waals surface area contributed by atoms with E-state index in [2.05, 4.69) is 10.3 Å². The molecule has 1 unspecified atom stereocenters. The number of hydrogen-bond acceptors (Lipinski definition) is 6. The molecular formula is C24H33ClN4O4. The summed E-state index contributed by atoms with van der Waals surface area (Å²) < 4.78 is 6.03. The molecule has 0 radical (unpaired) electrons. The number of halogens is 1. The van der Waals surface area contributed by atoms with Gasteiger partial charge in [-0.2, -0.15) is 0 Å². The lowest BCUT2D eigenvalue weighted by atomic mass is 9.87. The maximum Gasteiger partial charge on any atom is 0.407 e. The van der Waals surface area contributed by atoms with Gasteiger partial charge in [0.25, 0.3) is 0 Å². The van der Waals surface area contributed by atoms with E-state index < -0.39 is 6.09 Å². The predicted octanol–water partition coefficient (Wildman–Crippen LogP) is 4.21. The summed E-state index contributed by atoms with van der Waals surface area (Å²) in [4.78, 5) is 17.6. The molecule has 1 saturated heterocycles. The molecule has 0 spiro atoms. The molecule has 5 N–H and O–H groups in total. The van der Waals surface area contributed by atoms with Crippen LogP contribution in [0.4, 0.5) is 10.6 Å². The number of hydrogen-bond donors (Lipinski definition) is 4. The summed E-state index contributed by atoms with van der Waals surface area (Å²) in [6.07, 6.45) is 3.37. The molecule has 2 aromatic rings. The van der Waals surface area contributed by atoms with E-state index >= 15 is 0 Å². The van der Waals surface area contributed by atoms with Crippen molar-refractivity contribution in [3.05, 3.63) is 35.4 Å². The van der Waals surface area contributed by atoms with Crippen LogP contribution in [0.1, 0.15) is 49.7 Å². The van der Waals surface area contributed by atoms with Crippen molar-refractivity contribution in [2.75, 3.05) is 32.0 Å². The SMILES string of the molecule is CCN(Cc1c(C2CCCNC2)cc(-c2c(O)cccc2OCC2CC2)nc1N)C(=O)O.Cl. The molecule has 4 rings (SSSR count). The van der Waals surface area contributed by atoms with Gasteiger partial charge in [0.05, 0.1) is 24.4 Å². The van der Waals surface area contributed by atoms with E-state index in [4.69, 9.17) is 10.5 Å². The van der Waals surface area contributed by atoms with E-state index in [1.54, 1.807) is 19.1 Å². The first kappa shape index (κ1) is 24.9. The van der Waals surface area contributed by atoms with Crippen molar-refractivity contribution in [3.63, 3.8) is 0 Å². The average molecular weight is 477 g/mol. The Morgan fingerprint density at radius 3 is 2.76 bits per heavy atom. The Hall–Kier alpha value is -2.71. The summed E-state index contributed by atoms with van der Waals surface area (Å²) >= 11 is 0. The van der Waals surface area contributed by atoms with Crippen molar-refractivity contribution in [1.29, 1.82) is 0 Å². The topological polar surface area (TPSA) is 121 Å². The predicted molar refractivity (Wildman–Crippen MR) is 130 cm³/mol. The Balaban J connectivity index is 0.00000306.